The molecule has 0 bridgehead atoms. The minimum absolute atomic E-state index is 0.00532. The zero-order valence-electron chi connectivity index (χ0n) is 10.7. The molecule has 0 amide bonds. The predicted octanol–water partition coefficient (Wildman–Crippen LogP) is 0.714. The first kappa shape index (κ1) is 14.9. The van der Waals surface area contributed by atoms with E-state index in [0.29, 0.717) is 19.5 Å². The van der Waals surface area contributed by atoms with Gasteiger partial charge in [0.2, 0.25) is 0 Å². The van der Waals surface area contributed by atoms with E-state index in [-0.39, 0.29) is 18.6 Å². The number of piperidine rings is 1. The summed E-state index contributed by atoms with van der Waals surface area (Å²) in [5.74, 6) is 0.182. The molecule has 6 heteroatoms. The number of aliphatic hydroxyl groups excluding tert-OH is 1. The molecular weight excluding hydrogens is 240 g/mol. The van der Waals surface area contributed by atoms with Crippen molar-refractivity contribution in [2.45, 2.75) is 45.6 Å². The van der Waals surface area contributed by atoms with Gasteiger partial charge < -0.3 is 5.11 Å². The molecule has 0 saturated carbocycles. The quantitative estimate of drug-likeness (QED) is 0.742. The molecule has 1 fully saturated rings. The normalized spacial score (nSPS) is 20.7. The minimum Gasteiger partial charge on any atom is -0.396 e. The Bertz CT molecular complexity index is 311. The number of hydrogen-bond donors (Lipinski definition) is 2. The fourth-order valence-electron chi connectivity index (χ4n) is 2.04. The Hall–Kier alpha value is -0.170. The van der Waals surface area contributed by atoms with Gasteiger partial charge in [0.25, 0.3) is 10.2 Å². The van der Waals surface area contributed by atoms with Crippen molar-refractivity contribution in [3.05, 3.63) is 0 Å². The third-order valence-electron chi connectivity index (χ3n) is 3.20. The van der Waals surface area contributed by atoms with Gasteiger partial charge in [-0.25, -0.2) is 0 Å². The summed E-state index contributed by atoms with van der Waals surface area (Å²) in [6.07, 6.45) is 3.45. The van der Waals surface area contributed by atoms with Gasteiger partial charge in [0.15, 0.2) is 0 Å². The molecule has 0 aromatic rings. The summed E-state index contributed by atoms with van der Waals surface area (Å²) in [4.78, 5) is 0. The van der Waals surface area contributed by atoms with Gasteiger partial charge in [-0.1, -0.05) is 20.3 Å². The molecule has 17 heavy (non-hydrogen) atoms. The highest BCUT2D eigenvalue weighted by atomic mass is 32.2. The van der Waals surface area contributed by atoms with Crippen LogP contribution in [0.15, 0.2) is 0 Å². The maximum atomic E-state index is 12.1. The van der Waals surface area contributed by atoms with Crippen LogP contribution in [0.1, 0.15) is 39.5 Å². The molecule has 1 aliphatic rings. The van der Waals surface area contributed by atoms with Crippen LogP contribution in [-0.2, 0) is 10.2 Å². The molecule has 1 aliphatic heterocycles. The lowest BCUT2D eigenvalue weighted by Gasteiger charge is -2.29. The van der Waals surface area contributed by atoms with Gasteiger partial charge in [0.05, 0.1) is 0 Å². The topological polar surface area (TPSA) is 69.6 Å². The molecule has 1 atom stereocenters. The third-order valence-corrected chi connectivity index (χ3v) is 4.85. The second kappa shape index (κ2) is 6.68. The van der Waals surface area contributed by atoms with Crippen molar-refractivity contribution < 1.29 is 13.5 Å². The summed E-state index contributed by atoms with van der Waals surface area (Å²) in [6, 6.07) is -0.188. The molecule has 0 spiro atoms. The van der Waals surface area contributed by atoms with Crippen LogP contribution < -0.4 is 4.72 Å². The van der Waals surface area contributed by atoms with Crippen LogP contribution in [0, 0.1) is 5.92 Å². The van der Waals surface area contributed by atoms with Crippen LogP contribution in [0.3, 0.4) is 0 Å². The SMILES string of the molecule is CC(C)C(CCO)NS(=O)(=O)N1CCCCC1. The fourth-order valence-corrected chi connectivity index (χ4v) is 3.70. The summed E-state index contributed by atoms with van der Waals surface area (Å²) in [6.45, 7) is 5.14. The van der Waals surface area contributed by atoms with Crippen molar-refractivity contribution in [3.8, 4) is 0 Å². The van der Waals surface area contributed by atoms with Crippen molar-refractivity contribution in [2.24, 2.45) is 5.92 Å². The van der Waals surface area contributed by atoms with Gasteiger partial charge in [-0.05, 0) is 25.2 Å². The predicted molar refractivity (Wildman–Crippen MR) is 67.8 cm³/mol. The Morgan fingerprint density at radius 1 is 1.24 bits per heavy atom. The third kappa shape index (κ3) is 4.54. The number of nitrogens with one attached hydrogen (secondary N) is 1. The standard InChI is InChI=1S/C11H24N2O3S/c1-10(2)11(6-9-14)12-17(15,16)13-7-4-3-5-8-13/h10-12,14H,3-9H2,1-2H3. The summed E-state index contributed by atoms with van der Waals surface area (Å²) in [5.41, 5.74) is 0. The zero-order valence-corrected chi connectivity index (χ0v) is 11.5. The van der Waals surface area contributed by atoms with Crippen LogP contribution in [-0.4, -0.2) is 43.6 Å². The summed E-state index contributed by atoms with van der Waals surface area (Å²) in [7, 11) is -3.38. The Labute approximate surface area is 104 Å². The van der Waals surface area contributed by atoms with Crippen molar-refractivity contribution in [3.63, 3.8) is 0 Å². The van der Waals surface area contributed by atoms with Gasteiger partial charge >= 0.3 is 0 Å². The summed E-state index contributed by atoms with van der Waals surface area (Å²) >= 11 is 0. The van der Waals surface area contributed by atoms with Gasteiger partial charge in [-0.15, -0.1) is 0 Å². The second-order valence-corrected chi connectivity index (χ2v) is 6.65. The molecule has 1 heterocycles. The van der Waals surface area contributed by atoms with Gasteiger partial charge in [-0.2, -0.15) is 17.4 Å². The van der Waals surface area contributed by atoms with Crippen molar-refractivity contribution in [1.82, 2.24) is 9.03 Å². The van der Waals surface area contributed by atoms with Crippen molar-refractivity contribution >= 4 is 10.2 Å². The largest absolute Gasteiger partial charge is 0.396 e. The lowest BCUT2D eigenvalue weighted by Crippen LogP contribution is -2.49. The Balaban J connectivity index is 2.62. The van der Waals surface area contributed by atoms with Crippen LogP contribution >= 0.6 is 0 Å². The van der Waals surface area contributed by atoms with E-state index < -0.39 is 10.2 Å². The fraction of sp³-hybridized carbons (Fsp3) is 1.00. The molecule has 5 nitrogen and oxygen atoms in total. The minimum atomic E-state index is -3.38. The van der Waals surface area contributed by atoms with Crippen molar-refractivity contribution in [2.75, 3.05) is 19.7 Å². The Kier molecular flexibility index (Phi) is 5.85. The number of rotatable bonds is 6. The highest BCUT2D eigenvalue weighted by molar-refractivity contribution is 7.87. The average molecular weight is 264 g/mol. The molecule has 1 saturated heterocycles. The van der Waals surface area contributed by atoms with Gasteiger partial charge in [0.1, 0.15) is 0 Å². The Morgan fingerprint density at radius 2 is 1.82 bits per heavy atom. The molecule has 1 unspecified atom stereocenters. The van der Waals surface area contributed by atoms with E-state index in [2.05, 4.69) is 4.72 Å². The van der Waals surface area contributed by atoms with Crippen LogP contribution in [0.4, 0.5) is 0 Å². The lowest BCUT2D eigenvalue weighted by molar-refractivity contribution is 0.252. The van der Waals surface area contributed by atoms with E-state index in [0.717, 1.165) is 19.3 Å². The van der Waals surface area contributed by atoms with Gasteiger partial charge in [-0.3, -0.25) is 0 Å². The number of hydrogen-bond acceptors (Lipinski definition) is 3. The molecular formula is C11H24N2O3S. The lowest BCUT2D eigenvalue weighted by atomic mass is 10.0. The van der Waals surface area contributed by atoms with E-state index in [1.165, 1.54) is 4.31 Å². The Morgan fingerprint density at radius 3 is 2.29 bits per heavy atom. The summed E-state index contributed by atoms with van der Waals surface area (Å²) in [5, 5.41) is 8.94. The maximum absolute atomic E-state index is 12.1. The molecule has 2 N–H and O–H groups in total. The van der Waals surface area contributed by atoms with E-state index >= 15 is 0 Å². The van der Waals surface area contributed by atoms with Gasteiger partial charge in [0, 0.05) is 25.7 Å². The monoisotopic (exact) mass is 264 g/mol. The maximum Gasteiger partial charge on any atom is 0.279 e. The first-order valence-electron chi connectivity index (χ1n) is 6.35. The number of nitrogens with zero attached hydrogens (tertiary/aromatic N) is 1. The average Bonchev–Trinajstić information content (AvgIpc) is 2.29. The highest BCUT2D eigenvalue weighted by Crippen LogP contribution is 2.14. The first-order valence-corrected chi connectivity index (χ1v) is 7.79. The molecule has 0 aromatic heterocycles. The van der Waals surface area contributed by atoms with Crippen LogP contribution in [0.25, 0.3) is 0 Å². The first-order chi connectivity index (χ1) is 7.97. The molecule has 1 rings (SSSR count). The van der Waals surface area contributed by atoms with Crippen LogP contribution in [0.2, 0.25) is 0 Å². The van der Waals surface area contributed by atoms with E-state index in [4.69, 9.17) is 5.11 Å². The van der Waals surface area contributed by atoms with E-state index in [1.54, 1.807) is 0 Å². The smallest absolute Gasteiger partial charge is 0.279 e. The zero-order chi connectivity index (χ0) is 12.9. The molecule has 0 radical (unpaired) electrons. The number of aliphatic hydroxyl groups is 1. The van der Waals surface area contributed by atoms with E-state index in [1.807, 2.05) is 13.8 Å². The van der Waals surface area contributed by atoms with Crippen molar-refractivity contribution in [1.29, 1.82) is 0 Å². The molecule has 102 valence electrons. The second-order valence-electron chi connectivity index (χ2n) is 4.95. The van der Waals surface area contributed by atoms with E-state index in [9.17, 15) is 8.42 Å². The highest BCUT2D eigenvalue weighted by Gasteiger charge is 2.27. The molecule has 0 aliphatic carbocycles. The van der Waals surface area contributed by atoms with Crippen LogP contribution in [0.5, 0.6) is 0 Å². The summed E-state index contributed by atoms with van der Waals surface area (Å²) < 4.78 is 28.4. The molecule has 0 aromatic carbocycles.